The molecule has 0 fully saturated rings. The quantitative estimate of drug-likeness (QED) is 0.906. The van der Waals surface area contributed by atoms with Crippen molar-refractivity contribution in [2.75, 3.05) is 7.11 Å². The molecule has 2 rings (SSSR count). The number of nitrogens with two attached hydrogens (primary N) is 1. The zero-order chi connectivity index (χ0) is 12.3. The van der Waals surface area contributed by atoms with Crippen molar-refractivity contribution in [1.82, 2.24) is 9.97 Å². The van der Waals surface area contributed by atoms with E-state index in [1.54, 1.807) is 18.5 Å². The number of aromatic nitrogens is 2. The van der Waals surface area contributed by atoms with E-state index in [-0.39, 0.29) is 0 Å². The maximum atomic E-state index is 6.13. The van der Waals surface area contributed by atoms with Gasteiger partial charge in [-0.3, -0.25) is 4.98 Å². The molecule has 1 atom stereocenters. The maximum absolute atomic E-state index is 6.13. The predicted molar refractivity (Wildman–Crippen MR) is 66.1 cm³/mol. The number of nitrogens with zero attached hydrogens (tertiary/aromatic N) is 2. The van der Waals surface area contributed by atoms with Crippen LogP contribution < -0.4 is 10.5 Å². The summed E-state index contributed by atoms with van der Waals surface area (Å²) >= 11 is 6.10. The van der Waals surface area contributed by atoms with Crippen LogP contribution in [0.15, 0.2) is 36.7 Å². The lowest BCUT2D eigenvalue weighted by molar-refractivity contribution is 0.387. The third-order valence-corrected chi connectivity index (χ3v) is 2.76. The molecule has 17 heavy (non-hydrogen) atoms. The van der Waals surface area contributed by atoms with Crippen molar-refractivity contribution in [3.8, 4) is 5.88 Å². The first-order valence-corrected chi connectivity index (χ1v) is 5.46. The summed E-state index contributed by atoms with van der Waals surface area (Å²) < 4.78 is 5.13. The van der Waals surface area contributed by atoms with Gasteiger partial charge in [-0.05, 0) is 11.6 Å². The molecule has 0 spiro atoms. The highest BCUT2D eigenvalue weighted by atomic mass is 35.5. The monoisotopic (exact) mass is 249 g/mol. The summed E-state index contributed by atoms with van der Waals surface area (Å²) in [6, 6.07) is 6.93. The Balaban J connectivity index is 2.44. The fourth-order valence-corrected chi connectivity index (χ4v) is 1.83. The third-order valence-electron chi connectivity index (χ3n) is 2.42. The van der Waals surface area contributed by atoms with E-state index in [1.165, 1.54) is 7.11 Å². The maximum Gasteiger partial charge on any atom is 0.237 e. The molecule has 1 unspecified atom stereocenters. The highest BCUT2D eigenvalue weighted by molar-refractivity contribution is 6.31. The van der Waals surface area contributed by atoms with Crippen molar-refractivity contribution >= 4 is 11.6 Å². The number of hydrogen-bond acceptors (Lipinski definition) is 4. The summed E-state index contributed by atoms with van der Waals surface area (Å²) in [6.07, 6.45) is 3.14. The lowest BCUT2D eigenvalue weighted by Gasteiger charge is -2.14. The van der Waals surface area contributed by atoms with E-state index in [2.05, 4.69) is 9.97 Å². The summed E-state index contributed by atoms with van der Waals surface area (Å²) in [4.78, 5) is 8.26. The highest BCUT2D eigenvalue weighted by Crippen LogP contribution is 2.28. The van der Waals surface area contributed by atoms with Crippen LogP contribution >= 0.6 is 11.6 Å². The van der Waals surface area contributed by atoms with Gasteiger partial charge in [0.25, 0.3) is 0 Å². The van der Waals surface area contributed by atoms with Gasteiger partial charge in [-0.2, -0.15) is 0 Å². The van der Waals surface area contributed by atoms with Gasteiger partial charge in [0.05, 0.1) is 13.2 Å². The minimum absolute atomic E-state index is 0.417. The molecule has 0 aliphatic rings. The van der Waals surface area contributed by atoms with Crippen LogP contribution in [-0.2, 0) is 0 Å². The van der Waals surface area contributed by atoms with Crippen LogP contribution in [0, 0.1) is 0 Å². The van der Waals surface area contributed by atoms with Crippen molar-refractivity contribution in [2.45, 2.75) is 6.04 Å². The molecule has 0 saturated carbocycles. The number of benzene rings is 1. The Morgan fingerprint density at radius 2 is 1.94 bits per heavy atom. The average molecular weight is 250 g/mol. The standard InChI is InChI=1S/C12H12ClN3O/c1-17-12-11(15-6-7-16-12)10(14)8-4-2-3-5-9(8)13/h2-7,10H,14H2,1H3. The van der Waals surface area contributed by atoms with E-state index in [9.17, 15) is 0 Å². The van der Waals surface area contributed by atoms with Gasteiger partial charge in [-0.1, -0.05) is 29.8 Å². The van der Waals surface area contributed by atoms with Gasteiger partial charge < -0.3 is 10.5 Å². The van der Waals surface area contributed by atoms with Crippen LogP contribution in [-0.4, -0.2) is 17.1 Å². The van der Waals surface area contributed by atoms with Gasteiger partial charge in [-0.25, -0.2) is 4.98 Å². The molecule has 4 nitrogen and oxygen atoms in total. The van der Waals surface area contributed by atoms with Crippen molar-refractivity contribution in [2.24, 2.45) is 5.73 Å². The van der Waals surface area contributed by atoms with Gasteiger partial charge in [0.2, 0.25) is 5.88 Å². The normalized spacial score (nSPS) is 12.2. The van der Waals surface area contributed by atoms with E-state index in [4.69, 9.17) is 22.1 Å². The van der Waals surface area contributed by atoms with E-state index < -0.39 is 6.04 Å². The second-order valence-electron chi connectivity index (χ2n) is 3.45. The molecule has 1 heterocycles. The Morgan fingerprint density at radius 1 is 1.24 bits per heavy atom. The molecule has 88 valence electrons. The Bertz CT molecular complexity index is 519. The van der Waals surface area contributed by atoms with E-state index in [1.807, 2.05) is 18.2 Å². The van der Waals surface area contributed by atoms with Crippen molar-refractivity contribution < 1.29 is 4.74 Å². The molecule has 0 saturated heterocycles. The lowest BCUT2D eigenvalue weighted by atomic mass is 10.0. The van der Waals surface area contributed by atoms with Crippen LogP contribution in [0.2, 0.25) is 5.02 Å². The highest BCUT2D eigenvalue weighted by Gasteiger charge is 2.18. The topological polar surface area (TPSA) is 61.0 Å². The van der Waals surface area contributed by atoms with Crippen LogP contribution in [0.25, 0.3) is 0 Å². The molecular formula is C12H12ClN3O. The van der Waals surface area contributed by atoms with Crippen LogP contribution in [0.5, 0.6) is 5.88 Å². The first-order valence-electron chi connectivity index (χ1n) is 5.09. The Kier molecular flexibility index (Phi) is 3.56. The van der Waals surface area contributed by atoms with Crippen molar-refractivity contribution in [1.29, 1.82) is 0 Å². The molecule has 1 aromatic heterocycles. The van der Waals surface area contributed by atoms with Gasteiger partial charge in [0, 0.05) is 17.4 Å². The second kappa shape index (κ2) is 5.12. The molecular weight excluding hydrogens is 238 g/mol. The minimum Gasteiger partial charge on any atom is -0.480 e. The Labute approximate surface area is 104 Å². The molecule has 5 heteroatoms. The van der Waals surface area contributed by atoms with Gasteiger partial charge in [-0.15, -0.1) is 0 Å². The summed E-state index contributed by atoms with van der Waals surface area (Å²) in [7, 11) is 1.53. The van der Waals surface area contributed by atoms with Crippen molar-refractivity contribution in [3.05, 3.63) is 52.9 Å². The number of hydrogen-bond donors (Lipinski definition) is 1. The Morgan fingerprint density at radius 3 is 2.65 bits per heavy atom. The number of methoxy groups -OCH3 is 1. The summed E-state index contributed by atoms with van der Waals surface area (Å²) in [6.45, 7) is 0. The summed E-state index contributed by atoms with van der Waals surface area (Å²) in [5.41, 5.74) is 7.50. The van der Waals surface area contributed by atoms with E-state index >= 15 is 0 Å². The number of rotatable bonds is 3. The molecule has 0 bridgehead atoms. The predicted octanol–water partition coefficient (Wildman–Crippen LogP) is 2.19. The second-order valence-corrected chi connectivity index (χ2v) is 3.86. The number of ether oxygens (including phenoxy) is 1. The van der Waals surface area contributed by atoms with E-state index in [0.29, 0.717) is 16.6 Å². The zero-order valence-corrected chi connectivity index (χ0v) is 10.1. The SMILES string of the molecule is COc1nccnc1C(N)c1ccccc1Cl. The van der Waals surface area contributed by atoms with Gasteiger partial charge >= 0.3 is 0 Å². The third kappa shape index (κ3) is 2.38. The largest absolute Gasteiger partial charge is 0.480 e. The molecule has 0 aliphatic carbocycles. The smallest absolute Gasteiger partial charge is 0.237 e. The summed E-state index contributed by atoms with van der Waals surface area (Å²) in [5, 5.41) is 0.604. The van der Waals surface area contributed by atoms with Crippen LogP contribution in [0.3, 0.4) is 0 Å². The van der Waals surface area contributed by atoms with Crippen molar-refractivity contribution in [3.63, 3.8) is 0 Å². The first kappa shape index (κ1) is 11.8. The van der Waals surface area contributed by atoms with Crippen LogP contribution in [0.1, 0.15) is 17.3 Å². The molecule has 0 amide bonds. The molecule has 0 radical (unpaired) electrons. The molecule has 0 aliphatic heterocycles. The fraction of sp³-hybridized carbons (Fsp3) is 0.167. The van der Waals surface area contributed by atoms with Gasteiger partial charge in [0.1, 0.15) is 5.69 Å². The van der Waals surface area contributed by atoms with Gasteiger partial charge in [0.15, 0.2) is 0 Å². The molecule has 1 aromatic carbocycles. The molecule has 2 aromatic rings. The first-order chi connectivity index (χ1) is 8.24. The lowest BCUT2D eigenvalue weighted by Crippen LogP contribution is -2.15. The zero-order valence-electron chi connectivity index (χ0n) is 9.30. The minimum atomic E-state index is -0.452. The van der Waals surface area contributed by atoms with Crippen LogP contribution in [0.4, 0.5) is 0 Å². The molecule has 2 N–H and O–H groups in total. The van der Waals surface area contributed by atoms with E-state index in [0.717, 1.165) is 5.56 Å². The summed E-state index contributed by atoms with van der Waals surface area (Å²) in [5.74, 6) is 0.417. The number of halogens is 1. The average Bonchev–Trinajstić information content (AvgIpc) is 2.38. The Hall–Kier alpha value is -1.65. The fourth-order valence-electron chi connectivity index (χ4n) is 1.58.